The van der Waals surface area contributed by atoms with E-state index in [4.69, 9.17) is 0 Å². The summed E-state index contributed by atoms with van der Waals surface area (Å²) in [6.45, 7) is 9.64. The number of hydrogen-bond donors (Lipinski definition) is 0. The molecule has 1 aromatic rings. The summed E-state index contributed by atoms with van der Waals surface area (Å²) < 4.78 is 4.23. The second-order valence-electron chi connectivity index (χ2n) is 15.1. The SMILES string of the molecule is CC(C)CCCC(C)C1CCC2/C(=C/C3C4=C(Cn5c(=O)n([C]6[CH][CH][CH][CH]6)c(=O)n53)C([O-])CC([O-])C4)CCCC21C.[CH]1[CH][CH][CH][CH]1.[Fe+2]. The fraction of sp³-hybridized carbons (Fsp3) is 0.590. The second kappa shape index (κ2) is 15.7. The van der Waals surface area contributed by atoms with Gasteiger partial charge in [-0.25, -0.2) is 23.5 Å². The van der Waals surface area contributed by atoms with Crippen molar-refractivity contribution < 1.29 is 27.3 Å². The van der Waals surface area contributed by atoms with Crippen molar-refractivity contribution in [2.24, 2.45) is 29.1 Å². The Labute approximate surface area is 293 Å². The largest absolute Gasteiger partial charge is 2.00 e. The molecular formula is C39H51FeN3O4. The molecule has 2 heterocycles. The summed E-state index contributed by atoms with van der Waals surface area (Å²) in [5.74, 6) is 2.53. The summed E-state index contributed by atoms with van der Waals surface area (Å²) >= 11 is 0. The minimum atomic E-state index is -1.13. The van der Waals surface area contributed by atoms with E-state index in [1.807, 2.05) is 44.9 Å². The molecule has 0 saturated heterocycles. The predicted octanol–water partition coefficient (Wildman–Crippen LogP) is 4.75. The van der Waals surface area contributed by atoms with Gasteiger partial charge in [-0.05, 0) is 131 Å². The first kappa shape index (κ1) is 36.9. The number of nitrogens with zero attached hydrogens (tertiary/aromatic N) is 3. The molecule has 47 heavy (non-hydrogen) atoms. The Kier molecular flexibility index (Phi) is 12.3. The maximum Gasteiger partial charge on any atom is 2.00 e. The molecule has 0 amide bonds. The zero-order valence-corrected chi connectivity index (χ0v) is 29.5. The average Bonchev–Trinajstić information content (AvgIpc) is 3.82. The van der Waals surface area contributed by atoms with Crippen LogP contribution in [0.1, 0.15) is 97.9 Å². The van der Waals surface area contributed by atoms with Crippen LogP contribution in [0.5, 0.6) is 0 Å². The summed E-state index contributed by atoms with van der Waals surface area (Å²) in [6, 6.07) is -0.0160. The van der Waals surface area contributed by atoms with Crippen LogP contribution in [0.15, 0.2) is 32.4 Å². The van der Waals surface area contributed by atoms with Crippen LogP contribution in [0.2, 0.25) is 0 Å². The zero-order valence-electron chi connectivity index (χ0n) is 28.4. The number of hydrogen-bond acceptors (Lipinski definition) is 4. The quantitative estimate of drug-likeness (QED) is 0.307. The van der Waals surface area contributed by atoms with E-state index in [2.05, 4.69) is 33.8 Å². The smallest absolute Gasteiger partial charge is 0.852 e. The Balaban J connectivity index is 0.000000662. The van der Waals surface area contributed by atoms with Crippen LogP contribution >= 0.6 is 0 Å². The second-order valence-corrected chi connectivity index (χ2v) is 15.1. The van der Waals surface area contributed by atoms with Crippen LogP contribution in [0.3, 0.4) is 0 Å². The third kappa shape index (κ3) is 7.42. The van der Waals surface area contributed by atoms with E-state index in [-0.39, 0.29) is 41.9 Å². The van der Waals surface area contributed by atoms with Crippen LogP contribution in [-0.4, -0.2) is 26.1 Å². The van der Waals surface area contributed by atoms with Crippen molar-refractivity contribution >= 4 is 0 Å². The monoisotopic (exact) mass is 681 g/mol. The van der Waals surface area contributed by atoms with Gasteiger partial charge in [-0.1, -0.05) is 70.6 Å². The molecule has 7 atom stereocenters. The van der Waals surface area contributed by atoms with Gasteiger partial charge in [-0.15, -0.1) is 12.2 Å². The van der Waals surface area contributed by atoms with E-state index >= 15 is 0 Å². The van der Waals surface area contributed by atoms with Gasteiger partial charge in [-0.3, -0.25) is 0 Å². The van der Waals surface area contributed by atoms with Gasteiger partial charge in [0.1, 0.15) is 0 Å². The fourth-order valence-electron chi connectivity index (χ4n) is 9.47. The molecule has 7 rings (SSSR count). The van der Waals surface area contributed by atoms with E-state index < -0.39 is 29.6 Å². The predicted molar refractivity (Wildman–Crippen MR) is 177 cm³/mol. The molecule has 0 aromatic carbocycles. The van der Waals surface area contributed by atoms with Gasteiger partial charge in [-0.2, -0.15) is 0 Å². The van der Waals surface area contributed by atoms with E-state index in [0.717, 1.165) is 30.8 Å². The molecule has 8 heteroatoms. The van der Waals surface area contributed by atoms with Crippen LogP contribution in [0, 0.1) is 92.9 Å². The molecule has 10 radical (unpaired) electrons. The summed E-state index contributed by atoms with van der Waals surface area (Å²) in [6.07, 6.45) is 27.1. The van der Waals surface area contributed by atoms with Crippen LogP contribution in [-0.2, 0) is 23.6 Å². The van der Waals surface area contributed by atoms with Crippen molar-refractivity contribution in [3.63, 3.8) is 0 Å². The van der Waals surface area contributed by atoms with Gasteiger partial charge >= 0.3 is 28.4 Å². The van der Waals surface area contributed by atoms with Crippen molar-refractivity contribution in [2.45, 2.75) is 117 Å². The molecule has 4 saturated carbocycles. The summed E-state index contributed by atoms with van der Waals surface area (Å²) in [5, 5.41) is 26.0. The van der Waals surface area contributed by atoms with Gasteiger partial charge in [0.15, 0.2) is 0 Å². The van der Waals surface area contributed by atoms with E-state index in [1.54, 1.807) is 17.5 Å². The molecule has 0 N–H and O–H groups in total. The fourth-order valence-corrected chi connectivity index (χ4v) is 9.47. The molecule has 5 aliphatic carbocycles. The molecule has 4 fully saturated rings. The van der Waals surface area contributed by atoms with Crippen LogP contribution in [0.4, 0.5) is 0 Å². The van der Waals surface area contributed by atoms with Gasteiger partial charge in [0.05, 0.1) is 18.6 Å². The first-order chi connectivity index (χ1) is 22.1. The van der Waals surface area contributed by atoms with Gasteiger partial charge in [0.25, 0.3) is 0 Å². The summed E-state index contributed by atoms with van der Waals surface area (Å²) in [4.78, 5) is 27.5. The zero-order chi connectivity index (χ0) is 32.6. The number of fused-ring (bicyclic) bond motifs is 2. The topological polar surface area (TPSA) is 95.0 Å². The molecular weight excluding hydrogens is 630 g/mol. The van der Waals surface area contributed by atoms with Crippen molar-refractivity contribution in [1.82, 2.24) is 13.9 Å². The van der Waals surface area contributed by atoms with Crippen LogP contribution in [0.25, 0.3) is 0 Å². The maximum atomic E-state index is 13.9. The first-order valence-electron chi connectivity index (χ1n) is 17.7. The van der Waals surface area contributed by atoms with Gasteiger partial charge in [0.2, 0.25) is 0 Å². The molecule has 0 spiro atoms. The third-order valence-corrected chi connectivity index (χ3v) is 11.7. The van der Waals surface area contributed by atoms with Crippen molar-refractivity contribution in [1.29, 1.82) is 0 Å². The van der Waals surface area contributed by atoms with Crippen LogP contribution < -0.4 is 21.6 Å². The van der Waals surface area contributed by atoms with Crippen molar-refractivity contribution in [3.05, 3.63) is 108 Å². The normalized spacial score (nSPS) is 33.7. The Morgan fingerprint density at radius 3 is 2.28 bits per heavy atom. The minimum Gasteiger partial charge on any atom is -0.852 e. The van der Waals surface area contributed by atoms with Crippen molar-refractivity contribution in [2.75, 3.05) is 0 Å². The van der Waals surface area contributed by atoms with E-state index in [1.165, 1.54) is 46.9 Å². The molecule has 7 unspecified atom stereocenters. The standard InChI is InChI=1S/C34H46N3O4.C5H5.Fe/c1-21(2)9-7-10-22(3)28-14-15-29-23(11-8-16-34(28,29)4)17-30-26-18-25(38)19-31(39)27(26)20-35-32(40)36(33(41)37(30)35)24-12-5-6-13-24;1-2-4-5-3-1;/h5-6,12-13,17,21-22,25,28-31H,7-11,14-16,18-20H2,1-4H3;1-5H;/q-2;;+2/b23-17+;;. The molecule has 254 valence electrons. The minimum absolute atomic E-state index is 0. The summed E-state index contributed by atoms with van der Waals surface area (Å²) in [5.41, 5.74) is 2.19. The van der Waals surface area contributed by atoms with E-state index in [9.17, 15) is 19.8 Å². The van der Waals surface area contributed by atoms with Gasteiger partial charge in [0, 0.05) is 0 Å². The molecule has 6 aliphatic rings. The molecule has 0 bridgehead atoms. The third-order valence-electron chi connectivity index (χ3n) is 11.7. The van der Waals surface area contributed by atoms with Gasteiger partial charge < -0.3 is 10.2 Å². The first-order valence-corrected chi connectivity index (χ1v) is 17.7. The van der Waals surface area contributed by atoms with E-state index in [0.29, 0.717) is 29.4 Å². The molecule has 7 nitrogen and oxygen atoms in total. The number of aromatic nitrogens is 3. The summed E-state index contributed by atoms with van der Waals surface area (Å²) in [7, 11) is 0. The maximum absolute atomic E-state index is 13.9. The van der Waals surface area contributed by atoms with Crippen molar-refractivity contribution in [3.8, 4) is 0 Å². The average molecular weight is 682 g/mol. The molecule has 1 aliphatic heterocycles. The Morgan fingerprint density at radius 2 is 1.62 bits per heavy atom. The molecule has 1 aromatic heterocycles. The number of rotatable bonds is 7. The number of allylic oxidation sites excluding steroid dienone is 2. The Morgan fingerprint density at radius 1 is 0.936 bits per heavy atom. The Hall–Kier alpha value is -1.34. The Bertz CT molecular complexity index is 1390.